The number of carbonyl (C=O) groups is 2. The van der Waals surface area contributed by atoms with Crippen LogP contribution in [0.25, 0.3) is 0 Å². The van der Waals surface area contributed by atoms with Crippen LogP contribution in [0.3, 0.4) is 0 Å². The molecule has 0 spiro atoms. The van der Waals surface area contributed by atoms with E-state index in [1.54, 1.807) is 0 Å². The van der Waals surface area contributed by atoms with Crippen LogP contribution in [-0.4, -0.2) is 57.7 Å². The van der Waals surface area contributed by atoms with E-state index in [0.29, 0.717) is 0 Å². The number of fused-ring (bicyclic) bond motifs is 1. The Hall–Kier alpha value is -1.15. The van der Waals surface area contributed by atoms with Gasteiger partial charge in [0.1, 0.15) is 11.4 Å². The SMILES string of the molecule is C[C@@H](O)[C@H]1C(=O)N2[C@@H](C(=O)O)C(C)(C)S(=O)(=O)[C@H]12. The van der Waals surface area contributed by atoms with E-state index in [0.717, 1.165) is 4.90 Å². The van der Waals surface area contributed by atoms with Gasteiger partial charge in [-0.1, -0.05) is 0 Å². The second kappa shape index (κ2) is 3.45. The summed E-state index contributed by atoms with van der Waals surface area (Å²) in [6, 6.07) is -1.39. The highest BCUT2D eigenvalue weighted by atomic mass is 32.2. The van der Waals surface area contributed by atoms with Gasteiger partial charge in [-0.05, 0) is 20.8 Å². The number of aliphatic hydroxyl groups is 1. The van der Waals surface area contributed by atoms with Gasteiger partial charge in [-0.2, -0.15) is 0 Å². The Morgan fingerprint density at radius 2 is 1.94 bits per heavy atom. The predicted molar refractivity (Wildman–Crippen MR) is 60.2 cm³/mol. The summed E-state index contributed by atoms with van der Waals surface area (Å²) in [4.78, 5) is 23.9. The molecule has 2 aliphatic heterocycles. The summed E-state index contributed by atoms with van der Waals surface area (Å²) >= 11 is 0. The summed E-state index contributed by atoms with van der Waals surface area (Å²) in [5.74, 6) is -3.02. The zero-order chi connectivity index (χ0) is 14.0. The fourth-order valence-corrected chi connectivity index (χ4v) is 5.19. The average molecular weight is 277 g/mol. The molecule has 4 atom stereocenters. The van der Waals surface area contributed by atoms with E-state index in [1.807, 2.05) is 0 Å². The van der Waals surface area contributed by atoms with Crippen molar-refractivity contribution in [1.29, 1.82) is 0 Å². The summed E-state index contributed by atoms with van der Waals surface area (Å²) in [6.07, 6.45) is -1.11. The van der Waals surface area contributed by atoms with Crippen molar-refractivity contribution >= 4 is 21.7 Å². The van der Waals surface area contributed by atoms with Gasteiger partial charge < -0.3 is 15.1 Å². The number of β-lactam (4-membered cyclic amide) rings is 1. The molecule has 2 heterocycles. The van der Waals surface area contributed by atoms with Gasteiger partial charge in [0.05, 0.1) is 16.8 Å². The van der Waals surface area contributed by atoms with Crippen molar-refractivity contribution in [2.45, 2.75) is 43.0 Å². The molecule has 7 nitrogen and oxygen atoms in total. The van der Waals surface area contributed by atoms with E-state index >= 15 is 0 Å². The quantitative estimate of drug-likeness (QED) is 0.614. The summed E-state index contributed by atoms with van der Waals surface area (Å²) in [6.45, 7) is 3.92. The number of carboxylic acid groups (broad SMARTS) is 1. The van der Waals surface area contributed by atoms with Crippen molar-refractivity contribution in [3.05, 3.63) is 0 Å². The molecule has 0 aliphatic carbocycles. The lowest BCUT2D eigenvalue weighted by Gasteiger charge is -2.43. The number of sulfone groups is 1. The highest BCUT2D eigenvalue weighted by Gasteiger charge is 2.72. The Balaban J connectivity index is 2.56. The Bertz CT molecular complexity index is 522. The van der Waals surface area contributed by atoms with Crippen LogP contribution in [0, 0.1) is 5.92 Å². The van der Waals surface area contributed by atoms with Crippen molar-refractivity contribution in [1.82, 2.24) is 4.90 Å². The van der Waals surface area contributed by atoms with Gasteiger partial charge in [-0.15, -0.1) is 0 Å². The molecule has 0 radical (unpaired) electrons. The van der Waals surface area contributed by atoms with Crippen LogP contribution in [0.1, 0.15) is 20.8 Å². The van der Waals surface area contributed by atoms with Crippen LogP contribution in [0.2, 0.25) is 0 Å². The van der Waals surface area contributed by atoms with Crippen molar-refractivity contribution in [2.75, 3.05) is 0 Å². The molecule has 18 heavy (non-hydrogen) atoms. The van der Waals surface area contributed by atoms with E-state index in [2.05, 4.69) is 0 Å². The first-order chi connectivity index (χ1) is 8.05. The third-order valence-corrected chi connectivity index (χ3v) is 6.71. The van der Waals surface area contributed by atoms with Gasteiger partial charge in [0.25, 0.3) is 0 Å². The zero-order valence-electron chi connectivity index (χ0n) is 10.2. The monoisotopic (exact) mass is 277 g/mol. The highest BCUT2D eigenvalue weighted by Crippen LogP contribution is 2.49. The zero-order valence-corrected chi connectivity index (χ0v) is 11.0. The molecular weight excluding hydrogens is 262 g/mol. The molecule has 0 saturated carbocycles. The maximum atomic E-state index is 12.3. The molecule has 0 bridgehead atoms. The molecule has 0 aromatic heterocycles. The van der Waals surface area contributed by atoms with E-state index in [1.165, 1.54) is 20.8 Å². The van der Waals surface area contributed by atoms with Gasteiger partial charge in [0.15, 0.2) is 9.84 Å². The number of carboxylic acids is 1. The maximum absolute atomic E-state index is 12.3. The van der Waals surface area contributed by atoms with Crippen LogP contribution in [0.5, 0.6) is 0 Å². The van der Waals surface area contributed by atoms with Crippen LogP contribution in [0.4, 0.5) is 0 Å². The highest BCUT2D eigenvalue weighted by molar-refractivity contribution is 7.93. The van der Waals surface area contributed by atoms with Crippen molar-refractivity contribution in [3.63, 3.8) is 0 Å². The molecule has 1 amide bonds. The van der Waals surface area contributed by atoms with E-state index < -0.39 is 49.9 Å². The molecule has 2 fully saturated rings. The summed E-state index contributed by atoms with van der Waals surface area (Å²) in [5, 5.41) is 17.4. The summed E-state index contributed by atoms with van der Waals surface area (Å²) in [7, 11) is -3.82. The fourth-order valence-electron chi connectivity index (χ4n) is 2.79. The second-order valence-electron chi connectivity index (χ2n) is 5.29. The largest absolute Gasteiger partial charge is 0.480 e. The molecule has 2 saturated heterocycles. The lowest BCUT2D eigenvalue weighted by atomic mass is 9.88. The van der Waals surface area contributed by atoms with E-state index in [9.17, 15) is 23.1 Å². The molecule has 8 heteroatoms. The molecule has 0 unspecified atom stereocenters. The lowest BCUT2D eigenvalue weighted by Crippen LogP contribution is -2.66. The predicted octanol–water partition coefficient (Wildman–Crippen LogP) is -1.19. The maximum Gasteiger partial charge on any atom is 0.328 e. The third kappa shape index (κ3) is 1.24. The summed E-state index contributed by atoms with van der Waals surface area (Å²) < 4.78 is 23.0. The van der Waals surface area contributed by atoms with Crippen LogP contribution >= 0.6 is 0 Å². The first-order valence-electron chi connectivity index (χ1n) is 5.51. The number of aliphatic hydroxyl groups excluding tert-OH is 1. The van der Waals surface area contributed by atoms with Gasteiger partial charge in [0.2, 0.25) is 5.91 Å². The topological polar surface area (TPSA) is 112 Å². The first-order valence-corrected chi connectivity index (χ1v) is 7.06. The van der Waals surface area contributed by atoms with Gasteiger partial charge in [-0.3, -0.25) is 4.79 Å². The minimum Gasteiger partial charge on any atom is -0.480 e. The van der Waals surface area contributed by atoms with Gasteiger partial charge in [-0.25, -0.2) is 13.2 Å². The number of hydrogen-bond acceptors (Lipinski definition) is 5. The first kappa shape index (κ1) is 13.3. The Labute approximate surface area is 104 Å². The minimum atomic E-state index is -3.82. The molecule has 2 aliphatic rings. The molecule has 0 aromatic rings. The van der Waals surface area contributed by atoms with Crippen molar-refractivity contribution in [3.8, 4) is 0 Å². The average Bonchev–Trinajstić information content (AvgIpc) is 2.31. The number of aliphatic carboxylic acids is 1. The smallest absolute Gasteiger partial charge is 0.328 e. The molecule has 2 N–H and O–H groups in total. The number of carbonyl (C=O) groups excluding carboxylic acids is 1. The Morgan fingerprint density at radius 1 is 1.44 bits per heavy atom. The second-order valence-corrected chi connectivity index (χ2v) is 7.92. The van der Waals surface area contributed by atoms with Crippen LogP contribution in [-0.2, 0) is 19.4 Å². The molecule has 0 aromatic carbocycles. The molecule has 2 rings (SSSR count). The normalized spacial score (nSPS) is 37.9. The van der Waals surface area contributed by atoms with Crippen LogP contribution in [0.15, 0.2) is 0 Å². The number of amides is 1. The standard InChI is InChI=1S/C10H15NO6S/c1-4(12)5-7(13)11-6(9(14)15)10(2,3)18(16,17)8(5)11/h4-6,8,12H,1-3H3,(H,14,15)/t4-,5+,6+,8-/m1/s1. The van der Waals surface area contributed by atoms with E-state index in [4.69, 9.17) is 5.11 Å². The van der Waals surface area contributed by atoms with Crippen LogP contribution < -0.4 is 0 Å². The molecule has 102 valence electrons. The van der Waals surface area contributed by atoms with Crippen molar-refractivity contribution in [2.24, 2.45) is 5.92 Å². The third-order valence-electron chi connectivity index (χ3n) is 3.86. The van der Waals surface area contributed by atoms with Gasteiger partial charge >= 0.3 is 5.97 Å². The molecular formula is C10H15NO6S. The minimum absolute atomic E-state index is 0.614. The fraction of sp³-hybridized carbons (Fsp3) is 0.800. The number of nitrogens with zero attached hydrogens (tertiary/aromatic N) is 1. The van der Waals surface area contributed by atoms with Gasteiger partial charge in [0, 0.05) is 0 Å². The number of hydrogen-bond donors (Lipinski definition) is 2. The number of rotatable bonds is 2. The summed E-state index contributed by atoms with van der Waals surface area (Å²) in [5.41, 5.74) is 0. The Kier molecular flexibility index (Phi) is 2.54. The van der Waals surface area contributed by atoms with E-state index in [-0.39, 0.29) is 0 Å². The lowest BCUT2D eigenvalue weighted by molar-refractivity contribution is -0.168. The van der Waals surface area contributed by atoms with Crippen molar-refractivity contribution < 1.29 is 28.2 Å². The Morgan fingerprint density at radius 3 is 2.33 bits per heavy atom.